The second-order valence-electron chi connectivity index (χ2n) is 6.92. The number of rotatable bonds is 8. The quantitative estimate of drug-likeness (QED) is 0.596. The van der Waals surface area contributed by atoms with E-state index < -0.39 is 10.0 Å². The van der Waals surface area contributed by atoms with E-state index in [1.54, 1.807) is 25.2 Å². The normalized spacial score (nSPS) is 11.3. The van der Waals surface area contributed by atoms with Gasteiger partial charge in [-0.3, -0.25) is 4.79 Å². The van der Waals surface area contributed by atoms with Gasteiger partial charge in [0, 0.05) is 19.3 Å². The molecule has 1 N–H and O–H groups in total. The van der Waals surface area contributed by atoms with Gasteiger partial charge in [-0.25, -0.2) is 8.42 Å². The van der Waals surface area contributed by atoms with Gasteiger partial charge < -0.3 is 10.1 Å². The number of carbonyl (C=O) groups is 1. The van der Waals surface area contributed by atoms with E-state index in [1.165, 1.54) is 16.4 Å². The first-order valence-corrected chi connectivity index (χ1v) is 10.9. The maximum Gasteiger partial charge on any atom is 0.262 e. The molecule has 0 radical (unpaired) electrons. The molecule has 6 nitrogen and oxygen atoms in total. The molecule has 0 fully saturated rings. The molecule has 0 heterocycles. The number of hydrogen-bond donors (Lipinski definition) is 1. The van der Waals surface area contributed by atoms with Crippen LogP contribution in [0.3, 0.4) is 0 Å². The molecule has 3 rings (SSSR count). The van der Waals surface area contributed by atoms with Crippen LogP contribution < -0.4 is 10.1 Å². The number of nitrogens with zero attached hydrogens (tertiary/aromatic N) is 1. The summed E-state index contributed by atoms with van der Waals surface area (Å²) in [6.07, 6.45) is 0. The highest BCUT2D eigenvalue weighted by atomic mass is 32.2. The smallest absolute Gasteiger partial charge is 0.262 e. The van der Waals surface area contributed by atoms with Crippen molar-refractivity contribution in [2.45, 2.75) is 18.4 Å². The molecule has 1 amide bonds. The molecule has 0 saturated heterocycles. The van der Waals surface area contributed by atoms with Crippen LogP contribution in [0.1, 0.15) is 11.1 Å². The van der Waals surface area contributed by atoms with Crippen molar-refractivity contribution in [3.63, 3.8) is 0 Å². The zero-order valence-electron chi connectivity index (χ0n) is 16.9. The van der Waals surface area contributed by atoms with Crippen LogP contribution in [0.2, 0.25) is 0 Å². The first-order valence-electron chi connectivity index (χ1n) is 9.44. The van der Waals surface area contributed by atoms with Crippen LogP contribution in [0.4, 0.5) is 5.69 Å². The minimum absolute atomic E-state index is 0.136. The second kappa shape index (κ2) is 9.56. The third kappa shape index (κ3) is 5.68. The average Bonchev–Trinajstić information content (AvgIpc) is 2.73. The fourth-order valence-corrected chi connectivity index (χ4v) is 4.03. The van der Waals surface area contributed by atoms with Gasteiger partial charge in [0.05, 0.1) is 4.90 Å². The number of anilines is 1. The highest BCUT2D eigenvalue weighted by Crippen LogP contribution is 2.19. The molecule has 0 saturated carbocycles. The van der Waals surface area contributed by atoms with E-state index in [-0.39, 0.29) is 24.0 Å². The molecule has 0 bridgehead atoms. The number of sulfonamides is 1. The molecule has 0 aromatic heterocycles. The highest BCUT2D eigenvalue weighted by molar-refractivity contribution is 7.89. The van der Waals surface area contributed by atoms with Crippen LogP contribution >= 0.6 is 0 Å². The Labute approximate surface area is 177 Å². The summed E-state index contributed by atoms with van der Waals surface area (Å²) in [6.45, 7) is 2.08. The number of hydrogen-bond acceptors (Lipinski definition) is 4. The van der Waals surface area contributed by atoms with Crippen molar-refractivity contribution in [3.8, 4) is 5.75 Å². The topological polar surface area (TPSA) is 75.7 Å². The first kappa shape index (κ1) is 21.5. The van der Waals surface area contributed by atoms with Crippen LogP contribution in [0.25, 0.3) is 0 Å². The van der Waals surface area contributed by atoms with Crippen LogP contribution in [0, 0.1) is 6.92 Å². The highest BCUT2D eigenvalue weighted by Gasteiger charge is 2.20. The van der Waals surface area contributed by atoms with Gasteiger partial charge in [-0.1, -0.05) is 42.5 Å². The number of nitrogens with one attached hydrogen (secondary N) is 1. The third-order valence-electron chi connectivity index (χ3n) is 4.45. The molecule has 7 heteroatoms. The standard InChI is InChI=1S/C23H24N2O4S/c1-18-7-6-10-21(15-18)29-17-23(26)24-20-11-13-22(14-12-20)30(27,28)25(2)16-19-8-4-3-5-9-19/h3-15H,16-17H2,1-2H3,(H,24,26). The van der Waals surface area contributed by atoms with Gasteiger partial charge in [0.25, 0.3) is 5.91 Å². The third-order valence-corrected chi connectivity index (χ3v) is 6.27. The summed E-state index contributed by atoms with van der Waals surface area (Å²) in [6, 6.07) is 22.9. The van der Waals surface area contributed by atoms with E-state index in [0.717, 1.165) is 11.1 Å². The molecule has 30 heavy (non-hydrogen) atoms. The second-order valence-corrected chi connectivity index (χ2v) is 8.97. The number of ether oxygens (including phenoxy) is 1. The molecule has 0 atom stereocenters. The molecule has 3 aromatic carbocycles. The molecule has 0 aliphatic carbocycles. The van der Waals surface area contributed by atoms with Gasteiger partial charge >= 0.3 is 0 Å². The molecule has 0 unspecified atom stereocenters. The maximum absolute atomic E-state index is 12.8. The van der Waals surface area contributed by atoms with Gasteiger partial charge in [0.2, 0.25) is 10.0 Å². The van der Waals surface area contributed by atoms with Crippen molar-refractivity contribution in [3.05, 3.63) is 90.0 Å². The molecule has 0 aliphatic heterocycles. The molecule has 0 spiro atoms. The summed E-state index contributed by atoms with van der Waals surface area (Å²) in [4.78, 5) is 12.3. The summed E-state index contributed by atoms with van der Waals surface area (Å²) >= 11 is 0. The Balaban J connectivity index is 1.58. The Morgan fingerprint density at radius 1 is 0.967 bits per heavy atom. The minimum Gasteiger partial charge on any atom is -0.484 e. The summed E-state index contributed by atoms with van der Waals surface area (Å²) in [5, 5.41) is 2.70. The van der Waals surface area contributed by atoms with Crippen molar-refractivity contribution in [2.24, 2.45) is 0 Å². The zero-order chi connectivity index (χ0) is 21.6. The van der Waals surface area contributed by atoms with E-state index in [0.29, 0.717) is 11.4 Å². The van der Waals surface area contributed by atoms with Crippen molar-refractivity contribution in [1.29, 1.82) is 0 Å². The largest absolute Gasteiger partial charge is 0.484 e. The summed E-state index contributed by atoms with van der Waals surface area (Å²) in [5.74, 6) is 0.293. The number of amides is 1. The van der Waals surface area contributed by atoms with Crippen molar-refractivity contribution in [2.75, 3.05) is 19.0 Å². The van der Waals surface area contributed by atoms with Crippen molar-refractivity contribution < 1.29 is 17.9 Å². The Morgan fingerprint density at radius 3 is 2.33 bits per heavy atom. The maximum atomic E-state index is 12.8. The minimum atomic E-state index is -3.64. The zero-order valence-corrected chi connectivity index (χ0v) is 17.7. The molecular formula is C23H24N2O4S. The first-order chi connectivity index (χ1) is 14.3. The van der Waals surface area contributed by atoms with Crippen molar-refractivity contribution in [1.82, 2.24) is 4.31 Å². The number of benzene rings is 3. The van der Waals surface area contributed by atoms with E-state index in [2.05, 4.69) is 5.32 Å². The fraction of sp³-hybridized carbons (Fsp3) is 0.174. The van der Waals surface area contributed by atoms with Gasteiger partial charge in [0.15, 0.2) is 6.61 Å². The summed E-state index contributed by atoms with van der Waals surface area (Å²) in [5.41, 5.74) is 2.44. The molecule has 3 aromatic rings. The lowest BCUT2D eigenvalue weighted by atomic mass is 10.2. The Morgan fingerprint density at radius 2 is 1.67 bits per heavy atom. The number of aryl methyl sites for hydroxylation is 1. The summed E-state index contributed by atoms with van der Waals surface area (Å²) < 4.78 is 32.3. The number of carbonyl (C=O) groups excluding carboxylic acids is 1. The van der Waals surface area contributed by atoms with Gasteiger partial charge in [0.1, 0.15) is 5.75 Å². The molecule has 156 valence electrons. The average molecular weight is 425 g/mol. The lowest BCUT2D eigenvalue weighted by molar-refractivity contribution is -0.118. The lowest BCUT2D eigenvalue weighted by Gasteiger charge is -2.17. The monoisotopic (exact) mass is 424 g/mol. The SMILES string of the molecule is Cc1cccc(OCC(=O)Nc2ccc(S(=O)(=O)N(C)Cc3ccccc3)cc2)c1. The van der Waals surface area contributed by atoms with E-state index in [4.69, 9.17) is 4.74 Å². The Kier molecular flexibility index (Phi) is 6.87. The van der Waals surface area contributed by atoms with Crippen LogP contribution in [0.5, 0.6) is 5.75 Å². The molecular weight excluding hydrogens is 400 g/mol. The van der Waals surface area contributed by atoms with Gasteiger partial charge in [-0.2, -0.15) is 4.31 Å². The van der Waals surface area contributed by atoms with E-state index >= 15 is 0 Å². The predicted octanol–water partition coefficient (Wildman–Crippen LogP) is 3.83. The summed E-state index contributed by atoms with van der Waals surface area (Å²) in [7, 11) is -2.09. The van der Waals surface area contributed by atoms with Crippen molar-refractivity contribution >= 4 is 21.6 Å². The Hall–Kier alpha value is -3.16. The Bertz CT molecular complexity index is 1100. The van der Waals surface area contributed by atoms with Crippen LogP contribution in [-0.2, 0) is 21.4 Å². The van der Waals surface area contributed by atoms with Gasteiger partial charge in [-0.15, -0.1) is 0 Å². The van der Waals surface area contributed by atoms with E-state index in [9.17, 15) is 13.2 Å². The predicted molar refractivity (Wildman–Crippen MR) is 117 cm³/mol. The van der Waals surface area contributed by atoms with E-state index in [1.807, 2.05) is 55.5 Å². The lowest BCUT2D eigenvalue weighted by Crippen LogP contribution is -2.26. The fourth-order valence-electron chi connectivity index (χ4n) is 2.87. The van der Waals surface area contributed by atoms with Crippen LogP contribution in [0.15, 0.2) is 83.8 Å². The van der Waals surface area contributed by atoms with Crippen LogP contribution in [-0.4, -0.2) is 32.3 Å². The van der Waals surface area contributed by atoms with Gasteiger partial charge in [-0.05, 0) is 54.4 Å². The molecule has 0 aliphatic rings.